The minimum absolute atomic E-state index is 0.0976. The molecule has 0 aromatic heterocycles. The van der Waals surface area contributed by atoms with Crippen LogP contribution in [0.1, 0.15) is 116 Å². The Balaban J connectivity index is 3.78. The number of carbonyl (C=O) groups is 1. The lowest BCUT2D eigenvalue weighted by molar-refractivity contribution is -0.142. The molecule has 0 saturated heterocycles. The summed E-state index contributed by atoms with van der Waals surface area (Å²) in [6.45, 7) is 9.58. The van der Waals surface area contributed by atoms with Crippen molar-refractivity contribution in [3.05, 3.63) is 19.1 Å². The molecule has 1 radical (unpaired) electrons. The lowest BCUT2D eigenvalue weighted by Gasteiger charge is -2.18. The second-order valence-electron chi connectivity index (χ2n) is 9.93. The standard InChI is InChI=1S/C30H59N2O3S/c1-5-7-9-11-15-19-23-30(33)34-26-21-17-13-14-18-22-27-35-32(29-36-28-25-31(3)4)24-20-16-12-10-8-6-2/h15,19,29,36H,2,5-14,16-18,20-28H2,1,3-4H3/b19-15-. The van der Waals surface area contributed by atoms with E-state index in [9.17, 15) is 4.79 Å². The summed E-state index contributed by atoms with van der Waals surface area (Å²) in [7, 11) is 4.24. The molecule has 36 heavy (non-hydrogen) atoms. The van der Waals surface area contributed by atoms with Crippen LogP contribution < -0.4 is 0 Å². The molecule has 6 heteroatoms. The molecule has 0 aliphatic heterocycles. The zero-order chi connectivity index (χ0) is 26.5. The lowest BCUT2D eigenvalue weighted by Crippen LogP contribution is -2.24. The van der Waals surface area contributed by atoms with Crippen LogP contribution >= 0.6 is 11.4 Å². The summed E-state index contributed by atoms with van der Waals surface area (Å²) in [6.07, 6.45) is 23.4. The minimum atomic E-state index is -0.0976. The number of rotatable bonds is 27. The van der Waals surface area contributed by atoms with Gasteiger partial charge in [0.25, 0.3) is 0 Å². The van der Waals surface area contributed by atoms with Gasteiger partial charge in [-0.15, -0.1) is 0 Å². The summed E-state index contributed by atoms with van der Waals surface area (Å²) in [5.41, 5.74) is 2.23. The number of hydrogen-bond acceptors (Lipinski definition) is 4. The Bertz CT molecular complexity index is 526. The molecule has 0 rings (SSSR count). The molecule has 0 N–H and O–H groups in total. The molecule has 213 valence electrons. The summed E-state index contributed by atoms with van der Waals surface area (Å²) in [5, 5.41) is 2.09. The molecule has 0 amide bonds. The molecular weight excluding hydrogens is 468 g/mol. The molecule has 0 saturated carbocycles. The van der Waals surface area contributed by atoms with Gasteiger partial charge in [0, 0.05) is 18.6 Å². The van der Waals surface area contributed by atoms with E-state index in [1.165, 1.54) is 82.0 Å². The van der Waals surface area contributed by atoms with Crippen LogP contribution in [-0.2, 0) is 14.4 Å². The van der Waals surface area contributed by atoms with Crippen molar-refractivity contribution in [2.24, 2.45) is 0 Å². The third-order valence-electron chi connectivity index (χ3n) is 6.00. The predicted molar refractivity (Wildman–Crippen MR) is 161 cm³/mol. The fraction of sp³-hybridized carbons (Fsp3) is 0.833. The van der Waals surface area contributed by atoms with Crippen LogP contribution in [0.15, 0.2) is 12.2 Å². The van der Waals surface area contributed by atoms with Gasteiger partial charge in [0.1, 0.15) is 0 Å². The van der Waals surface area contributed by atoms with Crippen LogP contribution in [0.3, 0.4) is 0 Å². The van der Waals surface area contributed by atoms with Gasteiger partial charge in [-0.2, -0.15) is 16.4 Å². The maximum absolute atomic E-state index is 11.7. The van der Waals surface area contributed by atoms with E-state index in [4.69, 9.17) is 9.57 Å². The van der Waals surface area contributed by atoms with E-state index >= 15 is 0 Å². The average Bonchev–Trinajstić information content (AvgIpc) is 2.86. The fourth-order valence-corrected chi connectivity index (χ4v) is 4.68. The van der Waals surface area contributed by atoms with E-state index in [2.05, 4.69) is 49.5 Å². The van der Waals surface area contributed by atoms with Gasteiger partial charge in [-0.05, 0) is 52.0 Å². The molecule has 0 aliphatic carbocycles. The minimum Gasteiger partial charge on any atom is -0.465 e. The summed E-state index contributed by atoms with van der Waals surface area (Å²) < 4.78 is 5.33. The molecule has 0 unspecified atom stereocenters. The van der Waals surface area contributed by atoms with Crippen molar-refractivity contribution < 1.29 is 14.4 Å². The quantitative estimate of drug-likeness (QED) is 0.0298. The summed E-state index contributed by atoms with van der Waals surface area (Å²) in [6, 6.07) is 0. The summed E-state index contributed by atoms with van der Waals surface area (Å²) >= 11 is 1.33. The topological polar surface area (TPSA) is 42.0 Å². The van der Waals surface area contributed by atoms with Gasteiger partial charge < -0.3 is 9.64 Å². The Morgan fingerprint density at radius 3 is 2.17 bits per heavy atom. The molecule has 0 atom stereocenters. The number of thiol groups is 1. The monoisotopic (exact) mass is 527 g/mol. The van der Waals surface area contributed by atoms with Gasteiger partial charge in [0.15, 0.2) is 0 Å². The van der Waals surface area contributed by atoms with Crippen LogP contribution in [0.25, 0.3) is 0 Å². The van der Waals surface area contributed by atoms with Gasteiger partial charge in [0.2, 0.25) is 0 Å². The highest BCUT2D eigenvalue weighted by molar-refractivity contribution is 7.97. The molecule has 0 spiro atoms. The molecular formula is C30H59N2O3S. The zero-order valence-electron chi connectivity index (χ0n) is 24.1. The highest BCUT2D eigenvalue weighted by atomic mass is 32.1. The first-order valence-corrected chi connectivity index (χ1v) is 15.9. The van der Waals surface area contributed by atoms with Crippen LogP contribution in [0, 0.1) is 6.92 Å². The first kappa shape index (κ1) is 35.3. The maximum Gasteiger partial charge on any atom is 0.309 e. The molecule has 0 heterocycles. The summed E-state index contributed by atoms with van der Waals surface area (Å²) in [4.78, 5) is 20.1. The number of carbonyl (C=O) groups excluding carboxylic acids is 1. The van der Waals surface area contributed by atoms with Crippen molar-refractivity contribution in [2.45, 2.75) is 116 Å². The highest BCUT2D eigenvalue weighted by Gasteiger charge is 2.03. The lowest BCUT2D eigenvalue weighted by atomic mass is 10.1. The van der Waals surface area contributed by atoms with E-state index in [1.807, 2.05) is 6.08 Å². The second kappa shape index (κ2) is 28.9. The van der Waals surface area contributed by atoms with Crippen LogP contribution in [-0.4, -0.2) is 67.6 Å². The molecule has 0 bridgehead atoms. The summed E-state index contributed by atoms with van der Waals surface area (Å²) in [5.74, 6) is 1.04. The van der Waals surface area contributed by atoms with Gasteiger partial charge in [0.05, 0.1) is 19.6 Å². The van der Waals surface area contributed by atoms with Crippen molar-refractivity contribution in [3.63, 3.8) is 0 Å². The normalized spacial score (nSPS) is 12.3. The Kier molecular flexibility index (Phi) is 28.3. The number of unbranched alkanes of at least 4 members (excludes halogenated alkanes) is 13. The van der Waals surface area contributed by atoms with Crippen molar-refractivity contribution in [1.29, 1.82) is 0 Å². The maximum atomic E-state index is 11.7. The molecule has 0 fully saturated rings. The number of hydroxylamine groups is 2. The number of esters is 1. The van der Waals surface area contributed by atoms with Crippen molar-refractivity contribution in [3.8, 4) is 0 Å². The molecule has 0 aromatic rings. The van der Waals surface area contributed by atoms with Crippen LogP contribution in [0.5, 0.6) is 0 Å². The van der Waals surface area contributed by atoms with Crippen LogP contribution in [0.2, 0.25) is 0 Å². The SMILES string of the molecule is [CH2]CCCCCCCN(C=[SH]CCN(C)C)OCCCCCCCCOC(=O)C/C=C\CCCCC. The Hall–Kier alpha value is -0.690. The number of hydrogen-bond donors (Lipinski definition) is 1. The van der Waals surface area contributed by atoms with E-state index in [-0.39, 0.29) is 5.97 Å². The predicted octanol–water partition coefficient (Wildman–Crippen LogP) is 7.59. The smallest absolute Gasteiger partial charge is 0.309 e. The third-order valence-corrected chi connectivity index (χ3v) is 6.88. The Morgan fingerprint density at radius 2 is 1.47 bits per heavy atom. The molecule has 0 aromatic carbocycles. The van der Waals surface area contributed by atoms with Crippen molar-refractivity contribution in [1.82, 2.24) is 9.96 Å². The number of allylic oxidation sites excluding steroid dienone is 1. The van der Waals surface area contributed by atoms with E-state index in [1.54, 1.807) is 0 Å². The van der Waals surface area contributed by atoms with Gasteiger partial charge in [-0.1, -0.05) is 96.6 Å². The van der Waals surface area contributed by atoms with Crippen LogP contribution in [0.4, 0.5) is 0 Å². The Labute approximate surface area is 228 Å². The van der Waals surface area contributed by atoms with E-state index < -0.39 is 0 Å². The van der Waals surface area contributed by atoms with Gasteiger partial charge >= 0.3 is 5.97 Å². The van der Waals surface area contributed by atoms with E-state index in [0.29, 0.717) is 13.0 Å². The first-order valence-electron chi connectivity index (χ1n) is 14.7. The van der Waals surface area contributed by atoms with Crippen molar-refractivity contribution in [2.75, 3.05) is 46.2 Å². The first-order chi connectivity index (χ1) is 17.6. The van der Waals surface area contributed by atoms with Gasteiger partial charge in [-0.25, -0.2) is 0 Å². The second-order valence-corrected chi connectivity index (χ2v) is 11.0. The largest absolute Gasteiger partial charge is 0.465 e. The zero-order valence-corrected chi connectivity index (χ0v) is 25.0. The van der Waals surface area contributed by atoms with Crippen molar-refractivity contribution >= 4 is 22.8 Å². The highest BCUT2D eigenvalue weighted by Crippen LogP contribution is 2.09. The van der Waals surface area contributed by atoms with Gasteiger partial charge in [-0.3, -0.25) is 9.63 Å². The Morgan fingerprint density at radius 1 is 0.806 bits per heavy atom. The molecule has 0 aliphatic rings. The molecule has 5 nitrogen and oxygen atoms in total. The number of nitrogens with zero attached hydrogens (tertiary/aromatic N) is 2. The average molecular weight is 528 g/mol. The third kappa shape index (κ3) is 27.9. The fourth-order valence-electron chi connectivity index (χ4n) is 3.68. The number of ether oxygens (including phenoxy) is 1. The van der Waals surface area contributed by atoms with E-state index in [0.717, 1.165) is 57.6 Å².